The van der Waals surface area contributed by atoms with Gasteiger partial charge in [0.05, 0.1) is 36.3 Å². The number of sulfonamides is 1. The topological polar surface area (TPSA) is 93.2 Å². The van der Waals surface area contributed by atoms with Gasteiger partial charge in [-0.2, -0.15) is 0 Å². The number of carbonyl (C=O) groups is 2. The molecule has 176 valence electrons. The predicted octanol–water partition coefficient (Wildman–Crippen LogP) is 3.02. The Morgan fingerprint density at radius 3 is 2.32 bits per heavy atom. The normalized spacial score (nSPS) is 15.1. The number of benzene rings is 3. The summed E-state index contributed by atoms with van der Waals surface area (Å²) in [5.41, 5.74) is 1.76. The number of rotatable bonds is 6. The van der Waals surface area contributed by atoms with Crippen LogP contribution in [0.1, 0.15) is 5.56 Å². The zero-order valence-corrected chi connectivity index (χ0v) is 19.6. The molecule has 34 heavy (non-hydrogen) atoms. The molecular weight excluding hydrogens is 456 g/mol. The Labute approximate surface area is 198 Å². The standard InChI is InChI=1S/C25H24N2O6S/c1-26(34(30,31)20-8-4-3-5-9-20)19-14-12-18(13-15-19)16-24(28)27-17-23(25(29)32-2)33-22-11-7-6-10-21(22)27/h3-15,23H,16-17H2,1-2H3/t23-/m1/s1. The molecule has 0 saturated heterocycles. The largest absolute Gasteiger partial charge is 0.475 e. The Bertz CT molecular complexity index is 1290. The van der Waals surface area contributed by atoms with Crippen LogP contribution in [-0.2, 0) is 30.8 Å². The van der Waals surface area contributed by atoms with E-state index in [1.54, 1.807) is 78.9 Å². The van der Waals surface area contributed by atoms with Gasteiger partial charge in [-0.25, -0.2) is 13.2 Å². The second-order valence-corrected chi connectivity index (χ2v) is 9.70. The van der Waals surface area contributed by atoms with Crippen molar-refractivity contribution >= 4 is 33.3 Å². The molecule has 4 rings (SSSR count). The van der Waals surface area contributed by atoms with Gasteiger partial charge in [0.25, 0.3) is 10.0 Å². The number of fused-ring (bicyclic) bond motifs is 1. The maximum Gasteiger partial charge on any atom is 0.348 e. The first-order chi connectivity index (χ1) is 16.3. The number of hydrogen-bond acceptors (Lipinski definition) is 6. The van der Waals surface area contributed by atoms with Gasteiger partial charge in [-0.3, -0.25) is 9.10 Å². The van der Waals surface area contributed by atoms with E-state index >= 15 is 0 Å². The molecule has 8 nitrogen and oxygen atoms in total. The average molecular weight is 481 g/mol. The molecule has 1 aliphatic rings. The van der Waals surface area contributed by atoms with Crippen molar-refractivity contribution in [2.24, 2.45) is 0 Å². The number of ether oxygens (including phenoxy) is 2. The zero-order chi connectivity index (χ0) is 24.3. The van der Waals surface area contributed by atoms with Crippen molar-refractivity contribution in [2.75, 3.05) is 29.9 Å². The Balaban J connectivity index is 1.51. The van der Waals surface area contributed by atoms with Crippen LogP contribution in [0.2, 0.25) is 0 Å². The fraction of sp³-hybridized carbons (Fsp3) is 0.200. The van der Waals surface area contributed by atoms with Crippen molar-refractivity contribution in [3.05, 3.63) is 84.4 Å². The van der Waals surface area contributed by atoms with Crippen LogP contribution in [0.4, 0.5) is 11.4 Å². The molecule has 0 unspecified atom stereocenters. The van der Waals surface area contributed by atoms with Crippen molar-refractivity contribution in [1.29, 1.82) is 0 Å². The molecule has 0 bridgehead atoms. The summed E-state index contributed by atoms with van der Waals surface area (Å²) in [4.78, 5) is 26.9. The molecule has 1 aliphatic heterocycles. The van der Waals surface area contributed by atoms with E-state index in [0.717, 1.165) is 0 Å². The molecule has 3 aromatic rings. The van der Waals surface area contributed by atoms with Crippen LogP contribution in [0, 0.1) is 0 Å². The molecule has 3 aromatic carbocycles. The number of nitrogens with zero attached hydrogens (tertiary/aromatic N) is 2. The SMILES string of the molecule is COC(=O)[C@H]1CN(C(=O)Cc2ccc(N(C)S(=O)(=O)c3ccccc3)cc2)c2ccccc2O1. The van der Waals surface area contributed by atoms with E-state index in [4.69, 9.17) is 9.47 Å². The lowest BCUT2D eigenvalue weighted by atomic mass is 10.1. The maximum absolute atomic E-state index is 13.2. The molecule has 0 aliphatic carbocycles. The van der Waals surface area contributed by atoms with Gasteiger partial charge in [-0.15, -0.1) is 0 Å². The Hall–Kier alpha value is -3.85. The number of para-hydroxylation sites is 2. The summed E-state index contributed by atoms with van der Waals surface area (Å²) in [6.07, 6.45) is -0.847. The van der Waals surface area contributed by atoms with E-state index in [1.165, 1.54) is 23.4 Å². The van der Waals surface area contributed by atoms with Crippen LogP contribution in [0.15, 0.2) is 83.8 Å². The lowest BCUT2D eigenvalue weighted by Gasteiger charge is -2.33. The third-order valence-electron chi connectivity index (χ3n) is 5.60. The monoisotopic (exact) mass is 480 g/mol. The average Bonchev–Trinajstić information content (AvgIpc) is 2.88. The Morgan fingerprint density at radius 2 is 1.65 bits per heavy atom. The van der Waals surface area contributed by atoms with Crippen molar-refractivity contribution in [1.82, 2.24) is 0 Å². The molecule has 1 amide bonds. The van der Waals surface area contributed by atoms with E-state index in [1.807, 2.05) is 0 Å². The first kappa shape index (κ1) is 23.3. The van der Waals surface area contributed by atoms with Crippen molar-refractivity contribution < 1.29 is 27.5 Å². The number of esters is 1. The number of methoxy groups -OCH3 is 1. The summed E-state index contributed by atoms with van der Waals surface area (Å²) < 4.78 is 37.4. The predicted molar refractivity (Wildman–Crippen MR) is 127 cm³/mol. The van der Waals surface area contributed by atoms with E-state index in [9.17, 15) is 18.0 Å². The highest BCUT2D eigenvalue weighted by molar-refractivity contribution is 7.92. The quantitative estimate of drug-likeness (QED) is 0.504. The van der Waals surface area contributed by atoms with E-state index in [-0.39, 0.29) is 23.8 Å². The number of anilines is 2. The molecule has 0 radical (unpaired) electrons. The lowest BCUT2D eigenvalue weighted by Crippen LogP contribution is -2.48. The number of carbonyl (C=O) groups excluding carboxylic acids is 2. The van der Waals surface area contributed by atoms with Gasteiger partial charge in [0.2, 0.25) is 12.0 Å². The fourth-order valence-corrected chi connectivity index (χ4v) is 4.92. The number of hydrogen-bond donors (Lipinski definition) is 0. The minimum Gasteiger partial charge on any atom is -0.475 e. The van der Waals surface area contributed by atoms with Crippen molar-refractivity contribution in [3.63, 3.8) is 0 Å². The van der Waals surface area contributed by atoms with Gasteiger partial charge in [-0.05, 0) is 42.0 Å². The molecule has 1 heterocycles. The summed E-state index contributed by atoms with van der Waals surface area (Å²) in [6, 6.07) is 21.9. The molecule has 0 spiro atoms. The zero-order valence-electron chi connectivity index (χ0n) is 18.7. The summed E-state index contributed by atoms with van der Waals surface area (Å²) in [5.74, 6) is -0.345. The fourth-order valence-electron chi connectivity index (χ4n) is 3.71. The highest BCUT2D eigenvalue weighted by Gasteiger charge is 2.34. The molecule has 1 atom stereocenters. The van der Waals surface area contributed by atoms with Gasteiger partial charge in [0, 0.05) is 7.05 Å². The molecule has 0 aromatic heterocycles. The highest BCUT2D eigenvalue weighted by atomic mass is 32.2. The summed E-state index contributed by atoms with van der Waals surface area (Å²) in [5, 5.41) is 0. The summed E-state index contributed by atoms with van der Waals surface area (Å²) >= 11 is 0. The second-order valence-electron chi connectivity index (χ2n) is 7.73. The maximum atomic E-state index is 13.2. The molecule has 0 saturated carbocycles. The van der Waals surface area contributed by atoms with Crippen LogP contribution >= 0.6 is 0 Å². The first-order valence-electron chi connectivity index (χ1n) is 10.6. The second kappa shape index (κ2) is 9.56. The third-order valence-corrected chi connectivity index (χ3v) is 7.40. The first-order valence-corrected chi connectivity index (χ1v) is 12.0. The van der Waals surface area contributed by atoms with Crippen molar-refractivity contribution in [3.8, 4) is 5.75 Å². The third kappa shape index (κ3) is 4.60. The van der Waals surface area contributed by atoms with Gasteiger partial charge in [0.15, 0.2) is 0 Å². The van der Waals surface area contributed by atoms with Gasteiger partial charge >= 0.3 is 5.97 Å². The van der Waals surface area contributed by atoms with Crippen LogP contribution < -0.4 is 13.9 Å². The van der Waals surface area contributed by atoms with Crippen LogP contribution in [0.5, 0.6) is 5.75 Å². The summed E-state index contributed by atoms with van der Waals surface area (Å²) in [7, 11) is -0.936. The van der Waals surface area contributed by atoms with E-state index in [2.05, 4.69) is 0 Å². The minimum atomic E-state index is -3.69. The molecular formula is C25H24N2O6S. The molecule has 9 heteroatoms. The van der Waals surface area contributed by atoms with Gasteiger partial charge in [-0.1, -0.05) is 42.5 Å². The van der Waals surface area contributed by atoms with Crippen molar-refractivity contribution in [2.45, 2.75) is 17.4 Å². The highest BCUT2D eigenvalue weighted by Crippen LogP contribution is 2.34. The van der Waals surface area contributed by atoms with Gasteiger partial charge < -0.3 is 14.4 Å². The summed E-state index contributed by atoms with van der Waals surface area (Å²) in [6.45, 7) is 0.0403. The van der Waals surface area contributed by atoms with E-state index < -0.39 is 22.1 Å². The Morgan fingerprint density at radius 1 is 1.00 bits per heavy atom. The molecule has 0 fully saturated rings. The van der Waals surface area contributed by atoms with Crippen LogP contribution in [-0.4, -0.2) is 47.1 Å². The van der Waals surface area contributed by atoms with Crippen LogP contribution in [0.25, 0.3) is 0 Å². The lowest BCUT2D eigenvalue weighted by molar-refractivity contribution is -0.148. The minimum absolute atomic E-state index is 0.0403. The Kier molecular flexibility index (Phi) is 6.56. The smallest absolute Gasteiger partial charge is 0.348 e. The van der Waals surface area contributed by atoms with E-state index in [0.29, 0.717) is 22.7 Å². The molecule has 0 N–H and O–H groups in total. The van der Waals surface area contributed by atoms with Gasteiger partial charge in [0.1, 0.15) is 5.75 Å². The number of amides is 1. The van der Waals surface area contributed by atoms with Crippen LogP contribution in [0.3, 0.4) is 0 Å².